The maximum absolute atomic E-state index is 6.63. The molecule has 184 valence electrons. The maximum atomic E-state index is 6.63. The standard InChI is InChI=1S/C26H52O2Si4/c1-25(2,3)31(13,14)27-21-23(17-19-29(7,8)9)24(18-20-30(10,11)12)22-28-32(15,16)26(4,5)6/h21-22H2,1-16H3/b24-23+. The predicted molar refractivity (Wildman–Crippen MR) is 156 cm³/mol. The van der Waals surface area contributed by atoms with Crippen molar-refractivity contribution < 1.29 is 8.85 Å². The fraction of sp³-hybridized carbons (Fsp3) is 0.769. The molecule has 0 aromatic carbocycles. The minimum absolute atomic E-state index is 0.159. The summed E-state index contributed by atoms with van der Waals surface area (Å²) >= 11 is 0. The first-order valence-corrected chi connectivity index (χ1v) is 24.8. The molecule has 0 saturated carbocycles. The van der Waals surface area contributed by atoms with Gasteiger partial charge < -0.3 is 8.85 Å². The number of hydrogen-bond acceptors (Lipinski definition) is 2. The Morgan fingerprint density at radius 1 is 0.531 bits per heavy atom. The first-order valence-electron chi connectivity index (χ1n) is 11.9. The summed E-state index contributed by atoms with van der Waals surface area (Å²) in [6, 6.07) is 0. The van der Waals surface area contributed by atoms with Gasteiger partial charge in [-0.2, -0.15) is 0 Å². The highest BCUT2D eigenvalue weighted by atomic mass is 28.4. The zero-order valence-corrected chi connectivity index (χ0v) is 28.2. The molecule has 0 heterocycles. The third-order valence-electron chi connectivity index (χ3n) is 6.31. The molecule has 0 unspecified atom stereocenters. The molecular formula is C26H52O2Si4. The highest BCUT2D eigenvalue weighted by molar-refractivity contribution is 6.84. The van der Waals surface area contributed by atoms with Crippen LogP contribution >= 0.6 is 0 Å². The van der Waals surface area contributed by atoms with Crippen LogP contribution in [0.4, 0.5) is 0 Å². The molecule has 0 saturated heterocycles. The SMILES string of the molecule is CC(C)(C)[Si](C)(C)OC/C(C#C[Si](C)(C)C)=C(\C#C[Si](C)(C)C)CO[Si](C)(C)C(C)(C)C. The minimum Gasteiger partial charge on any atom is -0.412 e. The van der Waals surface area contributed by atoms with E-state index in [-0.39, 0.29) is 10.1 Å². The van der Waals surface area contributed by atoms with Gasteiger partial charge in [-0.3, -0.25) is 0 Å². The van der Waals surface area contributed by atoms with E-state index in [9.17, 15) is 0 Å². The molecule has 0 bridgehead atoms. The summed E-state index contributed by atoms with van der Waals surface area (Å²) in [6.45, 7) is 37.7. The van der Waals surface area contributed by atoms with E-state index in [0.29, 0.717) is 13.2 Å². The lowest BCUT2D eigenvalue weighted by molar-refractivity contribution is 0.308. The van der Waals surface area contributed by atoms with Gasteiger partial charge in [0, 0.05) is 11.1 Å². The molecule has 0 rings (SSSR count). The Hall–Kier alpha value is -0.352. The van der Waals surface area contributed by atoms with Crippen LogP contribution in [0.1, 0.15) is 41.5 Å². The normalized spacial score (nSPS) is 14.8. The van der Waals surface area contributed by atoms with Crippen LogP contribution in [0.3, 0.4) is 0 Å². The van der Waals surface area contributed by atoms with Crippen molar-refractivity contribution in [3.63, 3.8) is 0 Å². The molecule has 0 spiro atoms. The Balaban J connectivity index is 6.48. The molecule has 0 aliphatic rings. The highest BCUT2D eigenvalue weighted by Gasteiger charge is 2.38. The summed E-state index contributed by atoms with van der Waals surface area (Å²) in [5.74, 6) is 7.06. The topological polar surface area (TPSA) is 18.5 Å². The second-order valence-electron chi connectivity index (χ2n) is 14.1. The van der Waals surface area contributed by atoms with E-state index < -0.39 is 32.8 Å². The van der Waals surface area contributed by atoms with Gasteiger partial charge in [-0.1, -0.05) is 92.7 Å². The second kappa shape index (κ2) is 10.9. The molecule has 0 fully saturated rings. The Bertz CT molecular complexity index is 720. The first-order chi connectivity index (χ1) is 13.9. The van der Waals surface area contributed by atoms with Gasteiger partial charge in [0.05, 0.1) is 13.2 Å². The quantitative estimate of drug-likeness (QED) is 0.266. The second-order valence-corrected chi connectivity index (χ2v) is 33.2. The first kappa shape index (κ1) is 31.6. The maximum Gasteiger partial charge on any atom is 0.192 e. The van der Waals surface area contributed by atoms with E-state index in [1.54, 1.807) is 0 Å². The highest BCUT2D eigenvalue weighted by Crippen LogP contribution is 2.38. The van der Waals surface area contributed by atoms with Crippen LogP contribution in [0.15, 0.2) is 11.1 Å². The molecule has 0 atom stereocenters. The van der Waals surface area contributed by atoms with Crippen molar-refractivity contribution in [2.45, 2.75) is 117 Å². The van der Waals surface area contributed by atoms with Gasteiger partial charge >= 0.3 is 0 Å². The van der Waals surface area contributed by atoms with Crippen molar-refractivity contribution in [2.75, 3.05) is 13.2 Å². The van der Waals surface area contributed by atoms with E-state index in [4.69, 9.17) is 8.85 Å². The summed E-state index contributed by atoms with van der Waals surface area (Å²) in [6.07, 6.45) is 0. The van der Waals surface area contributed by atoms with Crippen LogP contribution in [0.5, 0.6) is 0 Å². The molecule has 0 aromatic rings. The largest absolute Gasteiger partial charge is 0.412 e. The summed E-state index contributed by atoms with van der Waals surface area (Å²) in [7, 11) is -6.87. The molecule has 0 aromatic heterocycles. The van der Waals surface area contributed by atoms with Crippen molar-refractivity contribution >= 4 is 32.8 Å². The third kappa shape index (κ3) is 11.7. The van der Waals surface area contributed by atoms with E-state index >= 15 is 0 Å². The van der Waals surface area contributed by atoms with Gasteiger partial charge in [0.25, 0.3) is 0 Å². The van der Waals surface area contributed by atoms with Crippen molar-refractivity contribution in [3.8, 4) is 22.9 Å². The van der Waals surface area contributed by atoms with Crippen molar-refractivity contribution in [2.24, 2.45) is 0 Å². The van der Waals surface area contributed by atoms with Gasteiger partial charge in [-0.15, -0.1) is 11.1 Å². The van der Waals surface area contributed by atoms with E-state index in [1.165, 1.54) is 0 Å². The lowest BCUT2D eigenvalue weighted by Gasteiger charge is -2.37. The molecule has 0 aliphatic carbocycles. The molecule has 6 heteroatoms. The van der Waals surface area contributed by atoms with Gasteiger partial charge in [0.1, 0.15) is 16.1 Å². The monoisotopic (exact) mass is 508 g/mol. The summed E-state index contributed by atoms with van der Waals surface area (Å²) in [5, 5.41) is 0.318. The van der Waals surface area contributed by atoms with E-state index in [2.05, 4.69) is 130 Å². The van der Waals surface area contributed by atoms with Crippen LogP contribution in [0.25, 0.3) is 0 Å². The molecule has 0 aliphatic heterocycles. The van der Waals surface area contributed by atoms with Crippen LogP contribution in [-0.4, -0.2) is 46.0 Å². The summed E-state index contributed by atoms with van der Waals surface area (Å²) in [5.41, 5.74) is 9.19. The molecule has 32 heavy (non-hydrogen) atoms. The lowest BCUT2D eigenvalue weighted by atomic mass is 10.1. The van der Waals surface area contributed by atoms with E-state index in [0.717, 1.165) is 11.1 Å². The van der Waals surface area contributed by atoms with Crippen LogP contribution < -0.4 is 0 Å². The molecule has 0 amide bonds. The Morgan fingerprint density at radius 2 is 0.781 bits per heavy atom. The lowest BCUT2D eigenvalue weighted by Crippen LogP contribution is -2.42. The van der Waals surface area contributed by atoms with Gasteiger partial charge in [-0.25, -0.2) is 0 Å². The third-order valence-corrected chi connectivity index (χ3v) is 17.0. The zero-order valence-electron chi connectivity index (χ0n) is 24.2. The fourth-order valence-electron chi connectivity index (χ4n) is 1.86. The number of rotatable bonds is 6. The van der Waals surface area contributed by atoms with Crippen molar-refractivity contribution in [1.29, 1.82) is 0 Å². The zero-order chi connectivity index (χ0) is 25.8. The van der Waals surface area contributed by atoms with Gasteiger partial charge in [0.2, 0.25) is 0 Å². The minimum atomic E-state index is -1.90. The van der Waals surface area contributed by atoms with Crippen LogP contribution in [0, 0.1) is 22.9 Å². The van der Waals surface area contributed by atoms with Crippen molar-refractivity contribution in [1.82, 2.24) is 0 Å². The van der Waals surface area contributed by atoms with Crippen molar-refractivity contribution in [3.05, 3.63) is 11.1 Å². The average molecular weight is 509 g/mol. The Kier molecular flexibility index (Phi) is 10.8. The van der Waals surface area contributed by atoms with Crippen LogP contribution in [-0.2, 0) is 8.85 Å². The number of hydrogen-bond donors (Lipinski definition) is 0. The van der Waals surface area contributed by atoms with E-state index in [1.807, 2.05) is 0 Å². The Morgan fingerprint density at radius 3 is 0.969 bits per heavy atom. The molecule has 2 nitrogen and oxygen atoms in total. The molecule has 0 N–H and O–H groups in total. The molecular weight excluding hydrogens is 457 g/mol. The predicted octanol–water partition coefficient (Wildman–Crippen LogP) is 8.09. The van der Waals surface area contributed by atoms with Crippen LogP contribution in [0.2, 0.25) is 75.5 Å². The smallest absolute Gasteiger partial charge is 0.192 e. The average Bonchev–Trinajstić information content (AvgIpc) is 2.51. The fourth-order valence-corrected chi connectivity index (χ4v) is 4.79. The summed E-state index contributed by atoms with van der Waals surface area (Å²) in [4.78, 5) is 0. The summed E-state index contributed by atoms with van der Waals surface area (Å²) < 4.78 is 13.3. The molecule has 0 radical (unpaired) electrons. The van der Waals surface area contributed by atoms with Gasteiger partial charge in [-0.05, 0) is 36.3 Å². The van der Waals surface area contributed by atoms with Gasteiger partial charge in [0.15, 0.2) is 16.6 Å². The Labute approximate surface area is 205 Å².